The maximum absolute atomic E-state index is 13.3. The molecule has 134 valence electrons. The molecule has 27 heavy (non-hydrogen) atoms. The second kappa shape index (κ2) is 7.41. The molecule has 0 aliphatic rings. The molecule has 2 aromatic carbocycles. The molecule has 1 amide bonds. The Bertz CT molecular complexity index is 1100. The van der Waals surface area contributed by atoms with E-state index in [0.717, 1.165) is 22.0 Å². The van der Waals surface area contributed by atoms with Gasteiger partial charge in [0.1, 0.15) is 5.82 Å². The summed E-state index contributed by atoms with van der Waals surface area (Å²) in [5.41, 5.74) is 3.35. The van der Waals surface area contributed by atoms with E-state index in [1.54, 1.807) is 18.3 Å². The van der Waals surface area contributed by atoms with Gasteiger partial charge in [-0.2, -0.15) is 0 Å². The number of nitrogens with one attached hydrogen (secondary N) is 1. The highest BCUT2D eigenvalue weighted by Gasteiger charge is 2.07. The molecule has 1 N–H and O–H groups in total. The van der Waals surface area contributed by atoms with Crippen LogP contribution in [0.5, 0.6) is 0 Å². The monoisotopic (exact) mass is 359 g/mol. The first-order valence-corrected chi connectivity index (χ1v) is 8.69. The van der Waals surface area contributed by atoms with Crippen molar-refractivity contribution < 1.29 is 9.18 Å². The van der Waals surface area contributed by atoms with Crippen molar-refractivity contribution in [2.24, 2.45) is 0 Å². The number of rotatable bonds is 5. The third-order valence-corrected chi connectivity index (χ3v) is 4.38. The fourth-order valence-corrected chi connectivity index (χ4v) is 3.04. The number of hydrogen-bond acceptors (Lipinski definition) is 2. The zero-order valence-electron chi connectivity index (χ0n) is 14.6. The average molecular weight is 359 g/mol. The van der Waals surface area contributed by atoms with E-state index in [4.69, 9.17) is 0 Å². The first-order valence-electron chi connectivity index (χ1n) is 8.69. The molecule has 5 heteroatoms. The Morgan fingerprint density at radius 3 is 2.85 bits per heavy atom. The number of aromatic nitrogens is 2. The van der Waals surface area contributed by atoms with Crippen LogP contribution in [0.25, 0.3) is 10.9 Å². The molecule has 4 nitrogen and oxygen atoms in total. The number of nitrogens with zero attached hydrogens (tertiary/aromatic N) is 2. The lowest BCUT2D eigenvalue weighted by Gasteiger charge is -2.06. The molecule has 0 atom stereocenters. The van der Waals surface area contributed by atoms with Gasteiger partial charge in [0, 0.05) is 42.6 Å². The summed E-state index contributed by atoms with van der Waals surface area (Å²) in [6.07, 6.45) is 5.61. The Hall–Kier alpha value is -3.47. The fourth-order valence-electron chi connectivity index (χ4n) is 3.04. The zero-order valence-corrected chi connectivity index (χ0v) is 14.6. The second-order valence-corrected chi connectivity index (χ2v) is 6.42. The van der Waals surface area contributed by atoms with Gasteiger partial charge in [-0.3, -0.25) is 9.78 Å². The molecule has 0 aliphatic heterocycles. The first-order chi connectivity index (χ1) is 13.2. The third kappa shape index (κ3) is 4.03. The summed E-state index contributed by atoms with van der Waals surface area (Å²) in [6.45, 7) is 1.02. The van der Waals surface area contributed by atoms with E-state index in [2.05, 4.69) is 10.3 Å². The summed E-state index contributed by atoms with van der Waals surface area (Å²) in [5, 5.41) is 3.87. The summed E-state index contributed by atoms with van der Waals surface area (Å²) < 4.78 is 15.3. The smallest absolute Gasteiger partial charge is 0.251 e. The number of benzene rings is 2. The van der Waals surface area contributed by atoms with Crippen molar-refractivity contribution in [3.05, 3.63) is 102 Å². The summed E-state index contributed by atoms with van der Waals surface area (Å²) in [7, 11) is 0. The number of amides is 1. The molecule has 4 aromatic rings. The molecule has 0 spiro atoms. The van der Waals surface area contributed by atoms with Gasteiger partial charge in [0.25, 0.3) is 5.91 Å². The van der Waals surface area contributed by atoms with Gasteiger partial charge in [-0.1, -0.05) is 18.2 Å². The number of hydrogen-bond donors (Lipinski definition) is 1. The molecule has 4 rings (SSSR count). The van der Waals surface area contributed by atoms with E-state index in [1.807, 2.05) is 53.4 Å². The molecular formula is C22H18FN3O. The minimum atomic E-state index is -0.238. The van der Waals surface area contributed by atoms with Crippen molar-refractivity contribution in [3.63, 3.8) is 0 Å². The lowest BCUT2D eigenvalue weighted by molar-refractivity contribution is 0.0951. The van der Waals surface area contributed by atoms with Crippen LogP contribution in [0.3, 0.4) is 0 Å². The molecule has 0 bridgehead atoms. The van der Waals surface area contributed by atoms with Gasteiger partial charge in [0.15, 0.2) is 0 Å². The van der Waals surface area contributed by atoms with E-state index in [1.165, 1.54) is 12.1 Å². The minimum absolute atomic E-state index is 0.126. The van der Waals surface area contributed by atoms with Gasteiger partial charge < -0.3 is 9.88 Å². The van der Waals surface area contributed by atoms with Crippen LogP contribution in [0.15, 0.2) is 79.3 Å². The second-order valence-electron chi connectivity index (χ2n) is 6.42. The van der Waals surface area contributed by atoms with Gasteiger partial charge in [-0.25, -0.2) is 4.39 Å². The third-order valence-electron chi connectivity index (χ3n) is 4.38. The van der Waals surface area contributed by atoms with E-state index in [-0.39, 0.29) is 11.7 Å². The highest BCUT2D eigenvalue weighted by Crippen LogP contribution is 2.14. The lowest BCUT2D eigenvalue weighted by Crippen LogP contribution is -2.22. The molecule has 2 aromatic heterocycles. The van der Waals surface area contributed by atoms with Crippen molar-refractivity contribution in [1.82, 2.24) is 14.9 Å². The quantitative estimate of drug-likeness (QED) is 0.582. The van der Waals surface area contributed by atoms with Crippen LogP contribution in [0.4, 0.5) is 4.39 Å². The van der Waals surface area contributed by atoms with Crippen LogP contribution in [0.1, 0.15) is 21.5 Å². The normalized spacial score (nSPS) is 10.9. The van der Waals surface area contributed by atoms with Crippen LogP contribution in [-0.2, 0) is 13.1 Å². The summed E-state index contributed by atoms with van der Waals surface area (Å²) in [4.78, 5) is 16.7. The van der Waals surface area contributed by atoms with Crippen molar-refractivity contribution >= 4 is 16.8 Å². The van der Waals surface area contributed by atoms with Crippen LogP contribution in [-0.4, -0.2) is 15.5 Å². The molecule has 0 saturated carbocycles. The van der Waals surface area contributed by atoms with Crippen molar-refractivity contribution in [3.8, 4) is 0 Å². The first kappa shape index (κ1) is 17.0. The standard InChI is InChI=1S/C22H18FN3O/c23-20-5-1-3-16(11-20)14-26-10-8-17(15-26)13-25-22(27)19-6-7-21-18(12-19)4-2-9-24-21/h1-12,15H,13-14H2,(H,25,27). The predicted octanol–water partition coefficient (Wildman–Crippen LogP) is 4.15. The zero-order chi connectivity index (χ0) is 18.6. The Morgan fingerprint density at radius 2 is 1.96 bits per heavy atom. The molecule has 0 saturated heterocycles. The largest absolute Gasteiger partial charge is 0.350 e. The average Bonchev–Trinajstić information content (AvgIpc) is 3.13. The number of fused-ring (bicyclic) bond motifs is 1. The highest BCUT2D eigenvalue weighted by atomic mass is 19.1. The number of carbonyl (C=O) groups excluding carboxylic acids is 1. The predicted molar refractivity (Wildman–Crippen MR) is 103 cm³/mol. The number of carbonyl (C=O) groups is 1. The van der Waals surface area contributed by atoms with Crippen molar-refractivity contribution in [2.75, 3.05) is 0 Å². The molecule has 0 aliphatic carbocycles. The van der Waals surface area contributed by atoms with Gasteiger partial charge in [0.2, 0.25) is 0 Å². The Kier molecular flexibility index (Phi) is 4.66. The van der Waals surface area contributed by atoms with Crippen LogP contribution in [0.2, 0.25) is 0 Å². The minimum Gasteiger partial charge on any atom is -0.350 e. The topological polar surface area (TPSA) is 46.9 Å². The molecule has 2 heterocycles. The van der Waals surface area contributed by atoms with Crippen LogP contribution < -0.4 is 5.32 Å². The van der Waals surface area contributed by atoms with Crippen LogP contribution >= 0.6 is 0 Å². The molecule has 0 fully saturated rings. The Balaban J connectivity index is 1.39. The maximum atomic E-state index is 13.3. The molecule has 0 radical (unpaired) electrons. The SMILES string of the molecule is O=C(NCc1ccn(Cc2cccc(F)c2)c1)c1ccc2ncccc2c1. The van der Waals surface area contributed by atoms with E-state index in [0.29, 0.717) is 18.7 Å². The van der Waals surface area contributed by atoms with Gasteiger partial charge in [-0.15, -0.1) is 0 Å². The molecular weight excluding hydrogens is 341 g/mol. The summed E-state index contributed by atoms with van der Waals surface area (Å²) >= 11 is 0. The van der Waals surface area contributed by atoms with Gasteiger partial charge in [-0.05, 0) is 53.6 Å². The molecule has 0 unspecified atom stereocenters. The number of pyridine rings is 1. The van der Waals surface area contributed by atoms with E-state index >= 15 is 0 Å². The van der Waals surface area contributed by atoms with Crippen LogP contribution in [0, 0.1) is 5.82 Å². The Morgan fingerprint density at radius 1 is 1.04 bits per heavy atom. The summed E-state index contributed by atoms with van der Waals surface area (Å²) in [6, 6.07) is 17.7. The Labute approximate surface area is 156 Å². The van der Waals surface area contributed by atoms with Crippen molar-refractivity contribution in [2.45, 2.75) is 13.1 Å². The van der Waals surface area contributed by atoms with Crippen molar-refractivity contribution in [1.29, 1.82) is 0 Å². The van der Waals surface area contributed by atoms with Gasteiger partial charge >= 0.3 is 0 Å². The van der Waals surface area contributed by atoms with E-state index in [9.17, 15) is 9.18 Å². The lowest BCUT2D eigenvalue weighted by atomic mass is 10.1. The fraction of sp³-hybridized carbons (Fsp3) is 0.0909. The summed E-state index contributed by atoms with van der Waals surface area (Å²) in [5.74, 6) is -0.364. The maximum Gasteiger partial charge on any atom is 0.251 e. The van der Waals surface area contributed by atoms with Gasteiger partial charge in [0.05, 0.1) is 5.52 Å². The van der Waals surface area contributed by atoms with E-state index < -0.39 is 0 Å². The highest BCUT2D eigenvalue weighted by molar-refractivity contribution is 5.97. The number of halogens is 1.